The molecule has 0 aliphatic carbocycles. The molecule has 102 valence electrons. The van der Waals surface area contributed by atoms with Crippen molar-refractivity contribution in [3.05, 3.63) is 48.0 Å². The van der Waals surface area contributed by atoms with Gasteiger partial charge in [-0.1, -0.05) is 57.5 Å². The quantitative estimate of drug-likeness (QED) is 0.786. The van der Waals surface area contributed by atoms with Gasteiger partial charge >= 0.3 is 0 Å². The van der Waals surface area contributed by atoms with Crippen molar-refractivity contribution < 1.29 is 0 Å². The maximum Gasteiger partial charge on any atom is 0.140 e. The third-order valence-corrected chi connectivity index (χ3v) is 3.76. The van der Waals surface area contributed by atoms with Crippen molar-refractivity contribution in [1.29, 1.82) is 0 Å². The van der Waals surface area contributed by atoms with Crippen LogP contribution in [-0.2, 0) is 6.54 Å². The Balaban J connectivity index is 2.40. The molecule has 19 heavy (non-hydrogen) atoms. The molecule has 0 aliphatic rings. The lowest BCUT2D eigenvalue weighted by Gasteiger charge is -2.23. The number of aromatic nitrogens is 3. The molecule has 0 fully saturated rings. The Labute approximate surface area is 115 Å². The smallest absolute Gasteiger partial charge is 0.140 e. The summed E-state index contributed by atoms with van der Waals surface area (Å²) >= 11 is 0. The highest BCUT2D eigenvalue weighted by Crippen LogP contribution is 2.32. The molecule has 1 heterocycles. The Morgan fingerprint density at radius 2 is 1.89 bits per heavy atom. The number of hydrogen-bond acceptors (Lipinski definition) is 2. The molecule has 2 aromatic rings. The summed E-state index contributed by atoms with van der Waals surface area (Å²) in [6.07, 6.45) is 4.10. The fourth-order valence-electron chi connectivity index (χ4n) is 2.55. The molecular formula is C16H23N3. The van der Waals surface area contributed by atoms with E-state index in [1.165, 1.54) is 5.56 Å². The highest BCUT2D eigenvalue weighted by Gasteiger charge is 2.24. The van der Waals surface area contributed by atoms with Gasteiger partial charge in [-0.25, -0.2) is 0 Å². The van der Waals surface area contributed by atoms with E-state index in [0.29, 0.717) is 11.8 Å². The molecule has 0 radical (unpaired) electrons. The predicted octanol–water partition coefficient (Wildman–Crippen LogP) is 3.87. The van der Waals surface area contributed by atoms with Crippen molar-refractivity contribution >= 4 is 0 Å². The highest BCUT2D eigenvalue weighted by atomic mass is 15.3. The molecule has 3 nitrogen and oxygen atoms in total. The van der Waals surface area contributed by atoms with Crippen LogP contribution in [0.1, 0.15) is 50.9 Å². The van der Waals surface area contributed by atoms with Crippen LogP contribution in [0.2, 0.25) is 0 Å². The minimum atomic E-state index is 0.334. The summed E-state index contributed by atoms with van der Waals surface area (Å²) in [5.74, 6) is 1.99. The van der Waals surface area contributed by atoms with Crippen LogP contribution in [0.25, 0.3) is 0 Å². The minimum Gasteiger partial charge on any atom is -0.317 e. The molecule has 0 bridgehead atoms. The zero-order chi connectivity index (χ0) is 13.7. The van der Waals surface area contributed by atoms with Gasteiger partial charge in [0.2, 0.25) is 0 Å². The van der Waals surface area contributed by atoms with Gasteiger partial charge in [0.05, 0.1) is 0 Å². The van der Waals surface area contributed by atoms with Crippen molar-refractivity contribution in [2.24, 2.45) is 5.92 Å². The minimum absolute atomic E-state index is 0.334. The number of nitrogens with zero attached hydrogens (tertiary/aromatic N) is 3. The van der Waals surface area contributed by atoms with Crippen LogP contribution >= 0.6 is 0 Å². The van der Waals surface area contributed by atoms with Gasteiger partial charge in [0.1, 0.15) is 12.2 Å². The fraction of sp³-hybridized carbons (Fsp3) is 0.500. The molecular weight excluding hydrogens is 234 g/mol. The van der Waals surface area contributed by atoms with Crippen molar-refractivity contribution in [3.63, 3.8) is 0 Å². The lowest BCUT2D eigenvalue weighted by molar-refractivity contribution is 0.457. The van der Waals surface area contributed by atoms with Crippen LogP contribution < -0.4 is 0 Å². The summed E-state index contributed by atoms with van der Waals surface area (Å²) in [7, 11) is 0. The van der Waals surface area contributed by atoms with E-state index >= 15 is 0 Å². The third kappa shape index (κ3) is 3.03. The van der Waals surface area contributed by atoms with Crippen molar-refractivity contribution in [2.75, 3.05) is 0 Å². The molecule has 0 saturated carbocycles. The maximum absolute atomic E-state index is 4.39. The van der Waals surface area contributed by atoms with Gasteiger partial charge < -0.3 is 4.57 Å². The van der Waals surface area contributed by atoms with E-state index in [1.54, 1.807) is 0 Å². The first-order valence-electron chi connectivity index (χ1n) is 7.20. The Morgan fingerprint density at radius 3 is 2.53 bits per heavy atom. The van der Waals surface area contributed by atoms with E-state index in [1.807, 2.05) is 6.33 Å². The molecule has 0 saturated heterocycles. The standard InChI is InChI=1S/C16H23N3/c1-4-11-19-12-17-18-16(19)15(13(3)5-2)14-9-7-6-8-10-14/h6-10,12-13,15H,4-5,11H2,1-3H3. The Kier molecular flexibility index (Phi) is 4.72. The summed E-state index contributed by atoms with van der Waals surface area (Å²) in [6, 6.07) is 10.7. The zero-order valence-corrected chi connectivity index (χ0v) is 12.1. The second kappa shape index (κ2) is 6.50. The predicted molar refractivity (Wildman–Crippen MR) is 78.1 cm³/mol. The van der Waals surface area contributed by atoms with Crippen LogP contribution in [0.5, 0.6) is 0 Å². The van der Waals surface area contributed by atoms with E-state index in [2.05, 4.69) is 65.9 Å². The van der Waals surface area contributed by atoms with Gasteiger partial charge in [-0.15, -0.1) is 10.2 Å². The molecule has 1 aromatic carbocycles. The second-order valence-corrected chi connectivity index (χ2v) is 5.16. The van der Waals surface area contributed by atoms with Crippen LogP contribution in [0.15, 0.2) is 36.7 Å². The Hall–Kier alpha value is -1.64. The Bertz CT molecular complexity index is 490. The van der Waals surface area contributed by atoms with Crippen LogP contribution in [0, 0.1) is 5.92 Å². The van der Waals surface area contributed by atoms with E-state index < -0.39 is 0 Å². The third-order valence-electron chi connectivity index (χ3n) is 3.76. The largest absolute Gasteiger partial charge is 0.317 e. The van der Waals surface area contributed by atoms with E-state index in [0.717, 1.165) is 25.2 Å². The van der Waals surface area contributed by atoms with Crippen LogP contribution in [0.3, 0.4) is 0 Å². The Morgan fingerprint density at radius 1 is 1.16 bits per heavy atom. The maximum atomic E-state index is 4.39. The summed E-state index contributed by atoms with van der Waals surface area (Å²) < 4.78 is 2.20. The number of benzene rings is 1. The van der Waals surface area contributed by atoms with Gasteiger partial charge in [0.15, 0.2) is 0 Å². The number of rotatable bonds is 6. The lowest BCUT2D eigenvalue weighted by atomic mass is 9.85. The lowest BCUT2D eigenvalue weighted by Crippen LogP contribution is -2.16. The average molecular weight is 257 g/mol. The summed E-state index contributed by atoms with van der Waals surface area (Å²) in [5.41, 5.74) is 1.34. The monoisotopic (exact) mass is 257 g/mol. The van der Waals surface area contributed by atoms with E-state index in [4.69, 9.17) is 0 Å². The molecule has 0 amide bonds. The normalized spacial score (nSPS) is 14.3. The van der Waals surface area contributed by atoms with Gasteiger partial charge in [0.25, 0.3) is 0 Å². The van der Waals surface area contributed by atoms with Crippen LogP contribution in [-0.4, -0.2) is 14.8 Å². The first kappa shape index (κ1) is 13.8. The summed E-state index contributed by atoms with van der Waals surface area (Å²) in [6.45, 7) is 7.70. The number of hydrogen-bond donors (Lipinski definition) is 0. The molecule has 2 atom stereocenters. The van der Waals surface area contributed by atoms with Crippen molar-refractivity contribution in [1.82, 2.24) is 14.8 Å². The molecule has 2 rings (SSSR count). The first-order valence-corrected chi connectivity index (χ1v) is 7.20. The van der Waals surface area contributed by atoms with Gasteiger partial charge in [-0.3, -0.25) is 0 Å². The molecule has 0 spiro atoms. The van der Waals surface area contributed by atoms with Crippen molar-refractivity contribution in [2.45, 2.75) is 46.1 Å². The molecule has 2 unspecified atom stereocenters. The first-order chi connectivity index (χ1) is 9.27. The average Bonchev–Trinajstić information content (AvgIpc) is 2.89. The molecule has 0 aliphatic heterocycles. The summed E-state index contributed by atoms with van der Waals surface area (Å²) in [5, 5.41) is 8.51. The van der Waals surface area contributed by atoms with Crippen molar-refractivity contribution in [3.8, 4) is 0 Å². The fourth-order valence-corrected chi connectivity index (χ4v) is 2.55. The van der Waals surface area contributed by atoms with Gasteiger partial charge in [-0.2, -0.15) is 0 Å². The highest BCUT2D eigenvalue weighted by molar-refractivity contribution is 5.26. The van der Waals surface area contributed by atoms with E-state index in [9.17, 15) is 0 Å². The SMILES string of the molecule is CCCn1cnnc1C(c1ccccc1)C(C)CC. The number of aryl methyl sites for hydroxylation is 1. The summed E-state index contributed by atoms with van der Waals surface area (Å²) in [4.78, 5) is 0. The molecule has 3 heteroatoms. The topological polar surface area (TPSA) is 30.7 Å². The molecule has 0 N–H and O–H groups in total. The van der Waals surface area contributed by atoms with Gasteiger partial charge in [0, 0.05) is 12.5 Å². The van der Waals surface area contributed by atoms with Gasteiger partial charge in [-0.05, 0) is 17.9 Å². The second-order valence-electron chi connectivity index (χ2n) is 5.16. The van der Waals surface area contributed by atoms with Crippen LogP contribution in [0.4, 0.5) is 0 Å². The zero-order valence-electron chi connectivity index (χ0n) is 12.1. The van der Waals surface area contributed by atoms with E-state index in [-0.39, 0.29) is 0 Å². The molecule has 1 aromatic heterocycles.